The lowest BCUT2D eigenvalue weighted by Crippen LogP contribution is -2.26. The molecule has 2 N–H and O–H groups in total. The van der Waals surface area contributed by atoms with Gasteiger partial charge in [-0.15, -0.1) is 0 Å². The van der Waals surface area contributed by atoms with Crippen LogP contribution in [0.15, 0.2) is 49.3 Å². The maximum Gasteiger partial charge on any atom is 0.181 e. The third-order valence-electron chi connectivity index (χ3n) is 3.96. The van der Waals surface area contributed by atoms with Crippen molar-refractivity contribution >= 4 is 11.5 Å². The van der Waals surface area contributed by atoms with Crippen LogP contribution in [0, 0.1) is 0 Å². The molecule has 0 aromatic carbocycles. The van der Waals surface area contributed by atoms with Crippen LogP contribution in [0.5, 0.6) is 5.75 Å². The molecule has 4 heterocycles. The lowest BCUT2D eigenvalue weighted by Gasteiger charge is -2.20. The summed E-state index contributed by atoms with van der Waals surface area (Å²) in [5.74, 6) is 2.13. The molecule has 4 rings (SSSR count). The third kappa shape index (κ3) is 2.73. The minimum Gasteiger partial charge on any atom is -0.488 e. The summed E-state index contributed by atoms with van der Waals surface area (Å²) in [5.41, 5.74) is 6.80. The van der Waals surface area contributed by atoms with Crippen molar-refractivity contribution in [2.45, 2.75) is 12.5 Å². The van der Waals surface area contributed by atoms with E-state index >= 15 is 0 Å². The first-order valence-corrected chi connectivity index (χ1v) is 7.73. The molecule has 122 valence electrons. The zero-order valence-corrected chi connectivity index (χ0v) is 13.0. The molecule has 0 amide bonds. The predicted molar refractivity (Wildman–Crippen MR) is 89.0 cm³/mol. The van der Waals surface area contributed by atoms with Crippen molar-refractivity contribution in [1.29, 1.82) is 0 Å². The van der Waals surface area contributed by atoms with Gasteiger partial charge in [0.25, 0.3) is 0 Å². The van der Waals surface area contributed by atoms with Gasteiger partial charge >= 0.3 is 0 Å². The lowest BCUT2D eigenvalue weighted by atomic mass is 10.3. The van der Waals surface area contributed by atoms with Crippen LogP contribution in [-0.4, -0.2) is 43.9 Å². The molecule has 0 spiro atoms. The van der Waals surface area contributed by atoms with Crippen LogP contribution in [0.1, 0.15) is 6.42 Å². The molecule has 0 radical (unpaired) electrons. The van der Waals surface area contributed by atoms with Crippen LogP contribution in [0.4, 0.5) is 11.5 Å². The number of ether oxygens (including phenoxy) is 1. The summed E-state index contributed by atoms with van der Waals surface area (Å²) in [6, 6.07) is 5.55. The van der Waals surface area contributed by atoms with Crippen molar-refractivity contribution in [1.82, 2.24) is 24.7 Å². The molecule has 0 aliphatic carbocycles. The maximum atomic E-state index is 6.28. The molecule has 3 aromatic rings. The van der Waals surface area contributed by atoms with Gasteiger partial charge in [0.15, 0.2) is 11.6 Å². The van der Waals surface area contributed by atoms with E-state index in [0.717, 1.165) is 31.1 Å². The Hall–Kier alpha value is -3.16. The first-order valence-electron chi connectivity index (χ1n) is 7.73. The van der Waals surface area contributed by atoms with Crippen LogP contribution in [-0.2, 0) is 0 Å². The molecule has 0 unspecified atom stereocenters. The Labute approximate surface area is 138 Å². The van der Waals surface area contributed by atoms with E-state index < -0.39 is 0 Å². The van der Waals surface area contributed by atoms with Crippen molar-refractivity contribution in [3.05, 3.63) is 49.3 Å². The van der Waals surface area contributed by atoms with Crippen molar-refractivity contribution in [2.24, 2.45) is 0 Å². The minimum atomic E-state index is 0.0925. The smallest absolute Gasteiger partial charge is 0.181 e. The second-order valence-electron chi connectivity index (χ2n) is 5.54. The monoisotopic (exact) mass is 323 g/mol. The first kappa shape index (κ1) is 14.4. The second-order valence-corrected chi connectivity index (χ2v) is 5.54. The van der Waals surface area contributed by atoms with E-state index in [9.17, 15) is 0 Å². The van der Waals surface area contributed by atoms with E-state index in [2.05, 4.69) is 25.0 Å². The Kier molecular flexibility index (Phi) is 3.70. The van der Waals surface area contributed by atoms with Gasteiger partial charge in [0, 0.05) is 37.8 Å². The van der Waals surface area contributed by atoms with Gasteiger partial charge in [0.05, 0.1) is 6.54 Å². The molecule has 1 saturated heterocycles. The molecular formula is C16H17N7O. The van der Waals surface area contributed by atoms with Crippen molar-refractivity contribution < 1.29 is 4.74 Å². The highest BCUT2D eigenvalue weighted by molar-refractivity contribution is 5.70. The van der Waals surface area contributed by atoms with Gasteiger partial charge in [0.2, 0.25) is 0 Å². The minimum absolute atomic E-state index is 0.0925. The van der Waals surface area contributed by atoms with Gasteiger partial charge < -0.3 is 15.4 Å². The van der Waals surface area contributed by atoms with Crippen LogP contribution >= 0.6 is 0 Å². The summed E-state index contributed by atoms with van der Waals surface area (Å²) in [5, 5.41) is 4.18. The number of pyridine rings is 1. The summed E-state index contributed by atoms with van der Waals surface area (Å²) >= 11 is 0. The number of hydrogen-bond acceptors (Lipinski definition) is 7. The Morgan fingerprint density at radius 2 is 1.96 bits per heavy atom. The van der Waals surface area contributed by atoms with Crippen molar-refractivity contribution in [3.8, 4) is 11.6 Å². The van der Waals surface area contributed by atoms with E-state index in [1.54, 1.807) is 23.3 Å². The molecule has 3 aromatic heterocycles. The molecule has 1 fully saturated rings. The zero-order chi connectivity index (χ0) is 16.4. The number of aromatic nitrogens is 5. The molecule has 0 bridgehead atoms. The lowest BCUT2D eigenvalue weighted by molar-refractivity contribution is 0.224. The second kappa shape index (κ2) is 6.15. The van der Waals surface area contributed by atoms with E-state index in [-0.39, 0.29) is 6.10 Å². The quantitative estimate of drug-likeness (QED) is 0.773. The van der Waals surface area contributed by atoms with Gasteiger partial charge in [-0.3, -0.25) is 4.98 Å². The van der Waals surface area contributed by atoms with Gasteiger partial charge in [-0.1, -0.05) is 0 Å². The first-order chi connectivity index (χ1) is 11.8. The maximum absolute atomic E-state index is 6.28. The molecule has 1 aliphatic heterocycles. The predicted octanol–water partition coefficient (Wildman–Crippen LogP) is 1.30. The van der Waals surface area contributed by atoms with Gasteiger partial charge in [0.1, 0.15) is 23.9 Å². The number of anilines is 2. The van der Waals surface area contributed by atoms with E-state index in [1.807, 2.05) is 24.4 Å². The summed E-state index contributed by atoms with van der Waals surface area (Å²) in [6.45, 7) is 1.55. The van der Waals surface area contributed by atoms with E-state index in [4.69, 9.17) is 10.5 Å². The fourth-order valence-corrected chi connectivity index (χ4v) is 2.83. The topological polar surface area (TPSA) is 95.0 Å². The van der Waals surface area contributed by atoms with Crippen LogP contribution in [0.3, 0.4) is 0 Å². The van der Waals surface area contributed by atoms with Crippen LogP contribution in [0.25, 0.3) is 5.82 Å². The third-order valence-corrected chi connectivity index (χ3v) is 3.96. The molecule has 8 heteroatoms. The highest BCUT2D eigenvalue weighted by Gasteiger charge is 2.27. The number of nitrogen functional groups attached to an aromatic ring is 1. The molecule has 1 aliphatic rings. The number of nitrogens with two attached hydrogens (primary N) is 1. The highest BCUT2D eigenvalue weighted by atomic mass is 16.5. The van der Waals surface area contributed by atoms with Gasteiger partial charge in [-0.25, -0.2) is 14.6 Å². The number of rotatable bonds is 4. The van der Waals surface area contributed by atoms with Crippen LogP contribution in [0.2, 0.25) is 0 Å². The average Bonchev–Trinajstić information content (AvgIpc) is 3.28. The normalized spacial score (nSPS) is 17.2. The fraction of sp³-hybridized carbons (Fsp3) is 0.250. The summed E-state index contributed by atoms with van der Waals surface area (Å²) in [6.07, 6.45) is 9.46. The molecule has 1 atom stereocenters. The van der Waals surface area contributed by atoms with Gasteiger partial charge in [-0.2, -0.15) is 5.10 Å². The average molecular weight is 323 g/mol. The Bertz CT molecular complexity index is 807. The SMILES string of the molecule is Nc1c(N2CC[C@@H](Oc3ccncc3)C2)ncnc1-n1cccn1. The van der Waals surface area contributed by atoms with Crippen molar-refractivity contribution in [2.75, 3.05) is 23.7 Å². The van der Waals surface area contributed by atoms with Gasteiger partial charge in [-0.05, 0) is 18.2 Å². The van der Waals surface area contributed by atoms with E-state index in [0.29, 0.717) is 11.5 Å². The molecule has 8 nitrogen and oxygen atoms in total. The Balaban J connectivity index is 1.52. The Morgan fingerprint density at radius 1 is 1.12 bits per heavy atom. The highest BCUT2D eigenvalue weighted by Crippen LogP contribution is 2.28. The number of nitrogens with zero attached hydrogens (tertiary/aromatic N) is 6. The standard InChI is InChI=1S/C16H17N7O/c17-14-15(19-11-20-16(14)23-8-1-5-21-23)22-9-4-13(10-22)24-12-2-6-18-7-3-12/h1-3,5-8,11,13H,4,9-10,17H2/t13-/m1/s1. The largest absolute Gasteiger partial charge is 0.488 e. The molecule has 0 saturated carbocycles. The fourth-order valence-electron chi connectivity index (χ4n) is 2.83. The van der Waals surface area contributed by atoms with E-state index in [1.165, 1.54) is 6.33 Å². The number of hydrogen-bond donors (Lipinski definition) is 1. The molecule has 24 heavy (non-hydrogen) atoms. The zero-order valence-electron chi connectivity index (χ0n) is 13.0. The van der Waals surface area contributed by atoms with Crippen molar-refractivity contribution in [3.63, 3.8) is 0 Å². The Morgan fingerprint density at radius 3 is 2.75 bits per heavy atom. The summed E-state index contributed by atoms with van der Waals surface area (Å²) in [7, 11) is 0. The van der Waals surface area contributed by atoms with Crippen LogP contribution < -0.4 is 15.4 Å². The summed E-state index contributed by atoms with van der Waals surface area (Å²) in [4.78, 5) is 14.7. The molecular weight excluding hydrogens is 306 g/mol. The summed E-state index contributed by atoms with van der Waals surface area (Å²) < 4.78 is 7.63.